The van der Waals surface area contributed by atoms with Gasteiger partial charge in [0.2, 0.25) is 11.8 Å². The molecule has 5 nitrogen and oxygen atoms in total. The molecule has 0 bridgehead atoms. The minimum absolute atomic E-state index is 0.000743. The number of rotatable bonds is 1. The van der Waals surface area contributed by atoms with Crippen LogP contribution < -0.4 is 4.90 Å². The monoisotopic (exact) mass is 319 g/mol. The molecule has 2 heterocycles. The molecule has 2 aliphatic heterocycles. The van der Waals surface area contributed by atoms with E-state index >= 15 is 0 Å². The number of imide groups is 1. The van der Waals surface area contributed by atoms with Gasteiger partial charge in [0.1, 0.15) is 0 Å². The third-order valence-corrected chi connectivity index (χ3v) is 6.54. The molecule has 2 amide bonds. The second-order valence-corrected chi connectivity index (χ2v) is 8.56. The van der Waals surface area contributed by atoms with Gasteiger partial charge < -0.3 is 0 Å². The van der Waals surface area contributed by atoms with Crippen LogP contribution in [0.25, 0.3) is 0 Å². The van der Waals surface area contributed by atoms with Gasteiger partial charge in [-0.25, -0.2) is 8.42 Å². The summed E-state index contributed by atoms with van der Waals surface area (Å²) in [6.45, 7) is 0. The summed E-state index contributed by atoms with van der Waals surface area (Å²) in [6, 6.07) is 5.14. The molecule has 1 saturated heterocycles. The van der Waals surface area contributed by atoms with Gasteiger partial charge >= 0.3 is 0 Å². The summed E-state index contributed by atoms with van der Waals surface area (Å²) in [5.74, 6) is -0.544. The molecule has 0 N–H and O–H groups in total. The summed E-state index contributed by atoms with van der Waals surface area (Å²) >= 11 is 0. The van der Waals surface area contributed by atoms with Crippen LogP contribution in [0.3, 0.4) is 0 Å². The molecule has 1 saturated carbocycles. The highest BCUT2D eigenvalue weighted by Crippen LogP contribution is 2.41. The van der Waals surface area contributed by atoms with E-state index in [0.717, 1.165) is 31.2 Å². The average molecular weight is 319 g/mol. The lowest BCUT2D eigenvalue weighted by molar-refractivity contribution is -0.122. The maximum atomic E-state index is 12.6. The average Bonchev–Trinajstić information content (AvgIpc) is 2.92. The van der Waals surface area contributed by atoms with Crippen molar-refractivity contribution < 1.29 is 18.0 Å². The Labute approximate surface area is 129 Å². The van der Waals surface area contributed by atoms with Crippen molar-refractivity contribution in [2.45, 2.75) is 37.2 Å². The van der Waals surface area contributed by atoms with Crippen LogP contribution in [0.5, 0.6) is 0 Å². The van der Waals surface area contributed by atoms with Crippen LogP contribution in [0, 0.1) is 11.8 Å². The number of sulfone groups is 1. The summed E-state index contributed by atoms with van der Waals surface area (Å²) < 4.78 is 23.4. The predicted octanol–water partition coefficient (Wildman–Crippen LogP) is 1.79. The van der Waals surface area contributed by atoms with E-state index in [9.17, 15) is 18.0 Å². The number of amides is 2. The number of carbonyl (C=O) groups is 2. The summed E-state index contributed by atoms with van der Waals surface area (Å²) in [4.78, 5) is 26.4. The first-order valence-corrected chi connectivity index (χ1v) is 9.48. The molecule has 3 aliphatic rings. The Morgan fingerprint density at radius 1 is 0.909 bits per heavy atom. The third-order valence-electron chi connectivity index (χ3n) is 5.04. The van der Waals surface area contributed by atoms with Crippen molar-refractivity contribution in [3.8, 4) is 0 Å². The standard InChI is InChI=1S/C16H17NO4S/c18-15-13-3-1-2-4-14(13)16(19)17(15)12-6-5-10-8-22(20,21)9-11(10)7-12/h5-7,13-14H,1-4,8-9H2. The first-order chi connectivity index (χ1) is 10.5. The largest absolute Gasteiger partial charge is 0.274 e. The topological polar surface area (TPSA) is 71.5 Å². The Morgan fingerprint density at radius 3 is 2.14 bits per heavy atom. The molecule has 2 unspecified atom stereocenters. The molecule has 1 aromatic rings. The Hall–Kier alpha value is -1.69. The van der Waals surface area contributed by atoms with Crippen LogP contribution in [0.1, 0.15) is 36.8 Å². The maximum absolute atomic E-state index is 12.6. The highest BCUT2D eigenvalue weighted by molar-refractivity contribution is 7.90. The van der Waals surface area contributed by atoms with Gasteiger partial charge in [-0.3, -0.25) is 14.5 Å². The molecule has 0 aromatic heterocycles. The molecule has 116 valence electrons. The Bertz CT molecular complexity index is 759. The van der Waals surface area contributed by atoms with Crippen LogP contribution in [0.4, 0.5) is 5.69 Å². The Balaban J connectivity index is 1.71. The molecular formula is C16H17NO4S. The van der Waals surface area contributed by atoms with Crippen molar-refractivity contribution in [1.29, 1.82) is 0 Å². The van der Waals surface area contributed by atoms with Gasteiger partial charge in [-0.05, 0) is 36.1 Å². The Kier molecular flexibility index (Phi) is 2.95. The van der Waals surface area contributed by atoms with E-state index in [1.165, 1.54) is 4.90 Å². The van der Waals surface area contributed by atoms with Gasteiger partial charge in [-0.1, -0.05) is 18.9 Å². The number of nitrogens with zero attached hydrogens (tertiary/aromatic N) is 1. The number of benzene rings is 1. The van der Waals surface area contributed by atoms with E-state index in [1.54, 1.807) is 18.2 Å². The van der Waals surface area contributed by atoms with Gasteiger partial charge in [0.25, 0.3) is 0 Å². The number of hydrogen-bond donors (Lipinski definition) is 0. The highest BCUT2D eigenvalue weighted by Gasteiger charge is 2.48. The first-order valence-electron chi connectivity index (χ1n) is 7.66. The van der Waals surface area contributed by atoms with Gasteiger partial charge in [-0.15, -0.1) is 0 Å². The molecule has 6 heteroatoms. The van der Waals surface area contributed by atoms with Gasteiger partial charge in [0.05, 0.1) is 29.0 Å². The lowest BCUT2D eigenvalue weighted by Gasteiger charge is -2.19. The number of hydrogen-bond acceptors (Lipinski definition) is 4. The minimum atomic E-state index is -3.08. The Morgan fingerprint density at radius 2 is 1.50 bits per heavy atom. The maximum Gasteiger partial charge on any atom is 0.237 e. The van der Waals surface area contributed by atoms with Crippen LogP contribution in [0.15, 0.2) is 18.2 Å². The number of anilines is 1. The smallest absolute Gasteiger partial charge is 0.237 e. The highest BCUT2D eigenvalue weighted by atomic mass is 32.2. The third kappa shape index (κ3) is 2.00. The number of carbonyl (C=O) groups excluding carboxylic acids is 2. The second kappa shape index (κ2) is 4.65. The summed E-state index contributed by atoms with van der Waals surface area (Å²) in [7, 11) is -3.08. The fourth-order valence-corrected chi connectivity index (χ4v) is 5.57. The molecule has 1 aromatic carbocycles. The molecule has 2 fully saturated rings. The van der Waals surface area contributed by atoms with E-state index < -0.39 is 9.84 Å². The molecule has 4 rings (SSSR count). The molecular weight excluding hydrogens is 302 g/mol. The lowest BCUT2D eigenvalue weighted by Crippen LogP contribution is -2.30. The zero-order valence-electron chi connectivity index (χ0n) is 12.1. The van der Waals surface area contributed by atoms with E-state index in [1.807, 2.05) is 0 Å². The predicted molar refractivity (Wildman–Crippen MR) is 80.7 cm³/mol. The van der Waals surface area contributed by atoms with E-state index in [0.29, 0.717) is 11.3 Å². The second-order valence-electron chi connectivity index (χ2n) is 6.49. The molecule has 1 aliphatic carbocycles. The van der Waals surface area contributed by atoms with E-state index in [2.05, 4.69) is 0 Å². The molecule has 0 spiro atoms. The zero-order chi connectivity index (χ0) is 15.5. The van der Waals surface area contributed by atoms with E-state index in [-0.39, 0.29) is 35.2 Å². The van der Waals surface area contributed by atoms with Crippen molar-refractivity contribution >= 4 is 27.3 Å². The fourth-order valence-electron chi connectivity index (χ4n) is 3.97. The minimum Gasteiger partial charge on any atom is -0.274 e. The molecule has 2 atom stereocenters. The van der Waals surface area contributed by atoms with Crippen molar-refractivity contribution in [3.05, 3.63) is 29.3 Å². The van der Waals surface area contributed by atoms with E-state index in [4.69, 9.17) is 0 Å². The van der Waals surface area contributed by atoms with Crippen LogP contribution in [-0.2, 0) is 30.9 Å². The van der Waals surface area contributed by atoms with Crippen molar-refractivity contribution in [3.63, 3.8) is 0 Å². The van der Waals surface area contributed by atoms with Gasteiger partial charge in [0, 0.05) is 0 Å². The first kappa shape index (κ1) is 13.9. The molecule has 0 radical (unpaired) electrons. The van der Waals surface area contributed by atoms with Crippen molar-refractivity contribution in [2.75, 3.05) is 4.90 Å². The van der Waals surface area contributed by atoms with Crippen LogP contribution in [0.2, 0.25) is 0 Å². The van der Waals surface area contributed by atoms with Gasteiger partial charge in [0.15, 0.2) is 9.84 Å². The fraction of sp³-hybridized carbons (Fsp3) is 0.500. The summed E-state index contributed by atoms with van der Waals surface area (Å²) in [5.41, 5.74) is 2.02. The zero-order valence-corrected chi connectivity index (χ0v) is 12.9. The number of fused-ring (bicyclic) bond motifs is 2. The van der Waals surface area contributed by atoms with Crippen molar-refractivity contribution in [1.82, 2.24) is 0 Å². The lowest BCUT2D eigenvalue weighted by atomic mass is 9.81. The van der Waals surface area contributed by atoms with Crippen LogP contribution in [-0.4, -0.2) is 20.2 Å². The quantitative estimate of drug-likeness (QED) is 0.740. The molecule has 22 heavy (non-hydrogen) atoms. The SMILES string of the molecule is O=C1C2CCCCC2C(=O)N1c1ccc2c(c1)CS(=O)(=O)C2. The van der Waals surface area contributed by atoms with Gasteiger partial charge in [-0.2, -0.15) is 0 Å². The van der Waals surface area contributed by atoms with Crippen LogP contribution >= 0.6 is 0 Å². The normalized spacial score (nSPS) is 29.5. The summed E-state index contributed by atoms with van der Waals surface area (Å²) in [6.07, 6.45) is 3.56. The van der Waals surface area contributed by atoms with Crippen molar-refractivity contribution in [2.24, 2.45) is 11.8 Å². The summed E-state index contributed by atoms with van der Waals surface area (Å²) in [5, 5.41) is 0.